The first-order valence-corrected chi connectivity index (χ1v) is 19.2. The first kappa shape index (κ1) is 42.7. The number of pyridine rings is 1. The van der Waals surface area contributed by atoms with E-state index in [9.17, 15) is 14.4 Å². The van der Waals surface area contributed by atoms with Crippen molar-refractivity contribution in [3.63, 3.8) is 0 Å². The van der Waals surface area contributed by atoms with Crippen molar-refractivity contribution in [1.29, 1.82) is 0 Å². The molecule has 2 aromatic carbocycles. The smallest absolute Gasteiger partial charge is 0.410 e. The summed E-state index contributed by atoms with van der Waals surface area (Å²) in [5.74, 6) is -0.0520. The van der Waals surface area contributed by atoms with Crippen LogP contribution in [0.15, 0.2) is 42.5 Å². The number of rotatable bonds is 15. The SMILES string of the molecule is Cc1nn(CCN(CCNC(=O)OC(C)(C)C)C(=O)OC(C)(C)C)c(C)c1CC(=O)NCCCC[n+]1c2cc(N(C)C)ccc2cc2ccc(N(C)C)cc21. The molecule has 55 heavy (non-hydrogen) atoms. The van der Waals surface area contributed by atoms with Crippen molar-refractivity contribution in [2.24, 2.45) is 0 Å². The van der Waals surface area contributed by atoms with E-state index in [1.165, 1.54) is 21.8 Å². The average molecular weight is 760 g/mol. The lowest BCUT2D eigenvalue weighted by atomic mass is 10.1. The number of benzene rings is 2. The fourth-order valence-electron chi connectivity index (χ4n) is 6.37. The summed E-state index contributed by atoms with van der Waals surface area (Å²) in [6.45, 7) is 17.2. The van der Waals surface area contributed by atoms with E-state index in [1.54, 1.807) is 25.7 Å². The van der Waals surface area contributed by atoms with Crippen LogP contribution in [0.1, 0.15) is 71.3 Å². The second kappa shape index (κ2) is 18.0. The van der Waals surface area contributed by atoms with Gasteiger partial charge in [-0.15, -0.1) is 0 Å². The van der Waals surface area contributed by atoms with Crippen molar-refractivity contribution in [2.45, 2.75) is 98.9 Å². The number of carbonyl (C=O) groups is 3. The Morgan fingerprint density at radius 2 is 1.35 bits per heavy atom. The van der Waals surface area contributed by atoms with E-state index >= 15 is 0 Å². The fourth-order valence-corrected chi connectivity index (χ4v) is 6.37. The molecule has 13 heteroatoms. The number of alkyl carbamates (subject to hydrolysis) is 1. The van der Waals surface area contributed by atoms with Gasteiger partial charge in [-0.3, -0.25) is 9.48 Å². The largest absolute Gasteiger partial charge is 0.444 e. The lowest BCUT2D eigenvalue weighted by molar-refractivity contribution is -0.645. The maximum Gasteiger partial charge on any atom is 0.410 e. The van der Waals surface area contributed by atoms with Crippen molar-refractivity contribution in [2.75, 3.05) is 64.2 Å². The molecular formula is C42H63N8O5+. The molecule has 0 aliphatic heterocycles. The van der Waals surface area contributed by atoms with Crippen LogP contribution in [0, 0.1) is 13.8 Å². The molecule has 0 bridgehead atoms. The van der Waals surface area contributed by atoms with Crippen molar-refractivity contribution in [1.82, 2.24) is 25.3 Å². The van der Waals surface area contributed by atoms with Gasteiger partial charge in [-0.05, 0) is 92.1 Å². The van der Waals surface area contributed by atoms with Gasteiger partial charge in [0.15, 0.2) is 0 Å². The fraction of sp³-hybridized carbons (Fsp3) is 0.548. The predicted molar refractivity (Wildman–Crippen MR) is 220 cm³/mol. The highest BCUT2D eigenvalue weighted by Gasteiger charge is 2.24. The van der Waals surface area contributed by atoms with Crippen LogP contribution in [0.2, 0.25) is 0 Å². The van der Waals surface area contributed by atoms with Crippen LogP contribution in [0.25, 0.3) is 21.8 Å². The zero-order valence-corrected chi connectivity index (χ0v) is 35.1. The van der Waals surface area contributed by atoms with Crippen molar-refractivity contribution in [3.8, 4) is 0 Å². The Kier molecular flexibility index (Phi) is 14.0. The van der Waals surface area contributed by atoms with E-state index < -0.39 is 23.4 Å². The molecule has 0 spiro atoms. The second-order valence-electron chi connectivity index (χ2n) is 16.6. The minimum atomic E-state index is -0.679. The quantitative estimate of drug-likeness (QED) is 0.0844. The number of unbranched alkanes of at least 4 members (excludes halogenated alkanes) is 1. The van der Waals surface area contributed by atoms with Crippen LogP contribution < -0.4 is 25.0 Å². The number of hydrogen-bond donors (Lipinski definition) is 2. The Bertz CT molecular complexity index is 1910. The van der Waals surface area contributed by atoms with Gasteiger partial charge in [-0.1, -0.05) is 0 Å². The molecular weight excluding hydrogens is 697 g/mol. The third-order valence-corrected chi connectivity index (χ3v) is 9.24. The van der Waals surface area contributed by atoms with Gasteiger partial charge < -0.3 is 34.8 Å². The summed E-state index contributed by atoms with van der Waals surface area (Å²) < 4.78 is 15.2. The van der Waals surface area contributed by atoms with Crippen LogP contribution in [0.4, 0.5) is 21.0 Å². The summed E-state index contributed by atoms with van der Waals surface area (Å²) in [5.41, 5.74) is 5.90. The predicted octanol–water partition coefficient (Wildman–Crippen LogP) is 6.13. The summed E-state index contributed by atoms with van der Waals surface area (Å²) >= 11 is 0. The topological polar surface area (TPSA) is 125 Å². The van der Waals surface area contributed by atoms with Gasteiger partial charge in [0.1, 0.15) is 17.7 Å². The summed E-state index contributed by atoms with van der Waals surface area (Å²) in [6.07, 6.45) is 0.917. The van der Waals surface area contributed by atoms with Gasteiger partial charge in [0.05, 0.1) is 18.7 Å². The third kappa shape index (κ3) is 12.2. The first-order chi connectivity index (χ1) is 25.7. The highest BCUT2D eigenvalue weighted by Crippen LogP contribution is 2.26. The molecule has 0 unspecified atom stereocenters. The summed E-state index contributed by atoms with van der Waals surface area (Å²) in [6, 6.07) is 15.5. The summed E-state index contributed by atoms with van der Waals surface area (Å²) in [7, 11) is 8.24. The third-order valence-electron chi connectivity index (χ3n) is 9.24. The molecule has 300 valence electrons. The van der Waals surface area contributed by atoms with Gasteiger partial charge in [0.25, 0.3) is 0 Å². The van der Waals surface area contributed by atoms with Gasteiger partial charge in [0, 0.05) is 106 Å². The minimum absolute atomic E-state index is 0.0520. The molecule has 0 aliphatic carbocycles. The Hall–Kier alpha value is -5.07. The zero-order chi connectivity index (χ0) is 40.7. The van der Waals surface area contributed by atoms with Gasteiger partial charge in [-0.25, -0.2) is 9.59 Å². The number of fused-ring (bicyclic) bond motifs is 2. The van der Waals surface area contributed by atoms with E-state index in [4.69, 9.17) is 14.6 Å². The Labute approximate surface area is 326 Å². The first-order valence-electron chi connectivity index (χ1n) is 19.2. The Morgan fingerprint density at radius 3 is 1.89 bits per heavy atom. The number of hydrogen-bond acceptors (Lipinski definition) is 8. The number of nitrogens with zero attached hydrogens (tertiary/aromatic N) is 6. The Morgan fingerprint density at radius 1 is 0.764 bits per heavy atom. The van der Waals surface area contributed by atoms with E-state index in [0.717, 1.165) is 47.7 Å². The van der Waals surface area contributed by atoms with Crippen molar-refractivity contribution in [3.05, 3.63) is 59.4 Å². The molecule has 2 heterocycles. The molecule has 2 aromatic heterocycles. The zero-order valence-electron chi connectivity index (χ0n) is 35.1. The van der Waals surface area contributed by atoms with Crippen LogP contribution in [-0.4, -0.2) is 98.3 Å². The number of amides is 3. The number of aryl methyl sites for hydroxylation is 2. The molecule has 0 saturated carbocycles. The normalized spacial score (nSPS) is 11.8. The number of aromatic nitrogens is 3. The second-order valence-corrected chi connectivity index (χ2v) is 16.6. The van der Waals surface area contributed by atoms with E-state index in [2.05, 4.69) is 95.7 Å². The minimum Gasteiger partial charge on any atom is -0.444 e. The number of carbonyl (C=O) groups excluding carboxylic acids is 3. The van der Waals surface area contributed by atoms with Crippen molar-refractivity contribution < 1.29 is 28.4 Å². The maximum absolute atomic E-state index is 13.2. The van der Waals surface area contributed by atoms with Crippen LogP contribution in [0.5, 0.6) is 0 Å². The molecule has 0 fully saturated rings. The molecule has 13 nitrogen and oxygen atoms in total. The molecule has 2 N–H and O–H groups in total. The van der Waals surface area contributed by atoms with Gasteiger partial charge in [0.2, 0.25) is 16.9 Å². The maximum atomic E-state index is 13.2. The Balaban J connectivity index is 1.36. The standard InChI is InChI=1S/C42H62N8O5/c1-29-35(30(2)50(45-29)24-23-48(40(53)55-42(6,7)8)22-20-44-39(52)54-41(3,4)5)28-38(51)43-19-13-14-21-49-36-26-33(46(9)10)17-15-31(36)25-32-16-18-34(47(11)12)27-37(32)49/h15-18,25-27H,13-14,19-24,28H2,1-12H3,(H-,43,44,51,52)/p+1. The lowest BCUT2D eigenvalue weighted by Gasteiger charge is -2.28. The van der Waals surface area contributed by atoms with Crippen molar-refractivity contribution >= 4 is 51.3 Å². The van der Waals surface area contributed by atoms with E-state index in [-0.39, 0.29) is 25.4 Å². The number of ether oxygens (including phenoxy) is 2. The highest BCUT2D eigenvalue weighted by molar-refractivity contribution is 5.91. The molecule has 0 radical (unpaired) electrons. The van der Waals surface area contributed by atoms with E-state index in [1.807, 2.05) is 39.3 Å². The summed E-state index contributed by atoms with van der Waals surface area (Å²) in [4.78, 5) is 44.2. The van der Waals surface area contributed by atoms with Crippen LogP contribution >= 0.6 is 0 Å². The lowest BCUT2D eigenvalue weighted by Crippen LogP contribution is -2.43. The number of anilines is 2. The highest BCUT2D eigenvalue weighted by atomic mass is 16.6. The molecule has 4 aromatic rings. The molecule has 0 atom stereocenters. The van der Waals surface area contributed by atoms with Crippen LogP contribution in [-0.2, 0) is 33.8 Å². The molecule has 0 saturated heterocycles. The molecule has 3 amide bonds. The average Bonchev–Trinajstić information content (AvgIpc) is 3.34. The number of nitrogens with one attached hydrogen (secondary N) is 2. The van der Waals surface area contributed by atoms with Gasteiger partial charge >= 0.3 is 12.2 Å². The summed E-state index contributed by atoms with van der Waals surface area (Å²) in [5, 5.41) is 12.9. The molecule has 4 rings (SSSR count). The molecule has 0 aliphatic rings. The van der Waals surface area contributed by atoms with Gasteiger partial charge in [-0.2, -0.15) is 9.67 Å². The monoisotopic (exact) mass is 759 g/mol. The van der Waals surface area contributed by atoms with Crippen LogP contribution in [0.3, 0.4) is 0 Å². The van der Waals surface area contributed by atoms with E-state index in [0.29, 0.717) is 19.6 Å².